The molecule has 2 unspecified atom stereocenters. The number of nitrogens with zero attached hydrogens (tertiary/aromatic N) is 3. The Kier molecular flexibility index (Phi) is 3.48. The van der Waals surface area contributed by atoms with Crippen LogP contribution in [0.5, 0.6) is 0 Å². The third-order valence-corrected chi connectivity index (χ3v) is 2.16. The summed E-state index contributed by atoms with van der Waals surface area (Å²) in [5.41, 5.74) is -1.39. The quantitative estimate of drug-likeness (QED) is 0.500. The van der Waals surface area contributed by atoms with Crippen LogP contribution in [0.25, 0.3) is 0 Å². The Bertz CT molecular complexity index is 441. The van der Waals surface area contributed by atoms with E-state index in [0.717, 1.165) is 13.2 Å². The molecule has 1 rings (SSSR count). The lowest BCUT2D eigenvalue weighted by molar-refractivity contribution is -0.535. The van der Waals surface area contributed by atoms with Crippen LogP contribution in [-0.2, 0) is 4.74 Å². The second-order valence-electron chi connectivity index (χ2n) is 3.11. The molecule has 0 aromatic heterocycles. The number of ether oxygens (including phenoxy) is 1. The number of hydrogen-bond donors (Lipinski definition) is 0. The lowest BCUT2D eigenvalue weighted by Crippen LogP contribution is -2.40. The molecule has 0 heterocycles. The fourth-order valence-corrected chi connectivity index (χ4v) is 1.42. The first-order valence-electron chi connectivity index (χ1n) is 4.27. The van der Waals surface area contributed by atoms with Crippen molar-refractivity contribution in [3.63, 3.8) is 0 Å². The van der Waals surface area contributed by atoms with E-state index in [0.29, 0.717) is 6.08 Å². The van der Waals surface area contributed by atoms with Crippen LogP contribution in [0.2, 0.25) is 0 Å². The van der Waals surface area contributed by atoms with E-state index < -0.39 is 38.3 Å². The molecule has 0 aliphatic heterocycles. The summed E-state index contributed by atoms with van der Waals surface area (Å²) in [5.74, 6) is 0. The minimum absolute atomic E-state index is 0.661. The van der Waals surface area contributed by atoms with Crippen LogP contribution in [0.4, 0.5) is 0 Å². The summed E-state index contributed by atoms with van der Waals surface area (Å²) in [7, 11) is 1.06. The molecule has 0 saturated heterocycles. The van der Waals surface area contributed by atoms with E-state index in [2.05, 4.69) is 4.74 Å². The average molecular weight is 245 g/mol. The topological polar surface area (TPSA) is 139 Å². The van der Waals surface area contributed by atoms with Crippen LogP contribution in [0, 0.1) is 30.3 Å². The van der Waals surface area contributed by atoms with Gasteiger partial charge in [0.2, 0.25) is 6.10 Å². The summed E-state index contributed by atoms with van der Waals surface area (Å²) in [6, 6.07) is -1.65. The molecule has 0 fully saturated rings. The van der Waals surface area contributed by atoms with Crippen LogP contribution < -0.4 is 0 Å². The highest BCUT2D eigenvalue weighted by Crippen LogP contribution is 2.23. The van der Waals surface area contributed by atoms with Crippen molar-refractivity contribution in [2.24, 2.45) is 0 Å². The van der Waals surface area contributed by atoms with Gasteiger partial charge >= 0.3 is 0 Å². The van der Waals surface area contributed by atoms with Gasteiger partial charge in [0.25, 0.3) is 17.4 Å². The molecular formula is C7H7N3O7. The summed E-state index contributed by atoms with van der Waals surface area (Å²) in [6.45, 7) is 0. The fraction of sp³-hybridized carbons (Fsp3) is 0.429. The number of allylic oxidation sites excluding steroid dienone is 1. The van der Waals surface area contributed by atoms with Gasteiger partial charge in [0.15, 0.2) is 0 Å². The van der Waals surface area contributed by atoms with Gasteiger partial charge in [0.05, 0.1) is 22.0 Å². The smallest absolute Gasteiger partial charge is 0.289 e. The molecule has 10 heteroatoms. The maximum absolute atomic E-state index is 10.7. The first kappa shape index (κ1) is 12.7. The molecule has 0 amide bonds. The second kappa shape index (κ2) is 4.65. The summed E-state index contributed by atoms with van der Waals surface area (Å²) >= 11 is 0. The monoisotopic (exact) mass is 245 g/mol. The third kappa shape index (κ3) is 2.42. The molecule has 0 spiro atoms. The molecule has 1 aliphatic carbocycles. The van der Waals surface area contributed by atoms with E-state index in [1.165, 1.54) is 0 Å². The normalized spacial score (nSPS) is 23.6. The first-order valence-corrected chi connectivity index (χ1v) is 4.27. The van der Waals surface area contributed by atoms with Crippen LogP contribution in [0.15, 0.2) is 23.5 Å². The summed E-state index contributed by atoms with van der Waals surface area (Å²) < 4.78 is 4.65. The zero-order chi connectivity index (χ0) is 13.2. The van der Waals surface area contributed by atoms with Gasteiger partial charge < -0.3 is 4.74 Å². The predicted octanol–water partition coefficient (Wildman–Crippen LogP) is -0.0185. The van der Waals surface area contributed by atoms with E-state index in [-0.39, 0.29) is 0 Å². The Morgan fingerprint density at radius 3 is 2.12 bits per heavy atom. The van der Waals surface area contributed by atoms with Gasteiger partial charge in [-0.1, -0.05) is 0 Å². The molecule has 0 N–H and O–H groups in total. The van der Waals surface area contributed by atoms with Crippen molar-refractivity contribution < 1.29 is 19.5 Å². The maximum Gasteiger partial charge on any atom is 0.289 e. The molecule has 10 nitrogen and oxygen atoms in total. The molecule has 0 saturated carbocycles. The van der Waals surface area contributed by atoms with Crippen LogP contribution in [0.1, 0.15) is 0 Å². The molecule has 0 radical (unpaired) electrons. The van der Waals surface area contributed by atoms with E-state index in [1.54, 1.807) is 0 Å². The Morgan fingerprint density at radius 2 is 1.76 bits per heavy atom. The van der Waals surface area contributed by atoms with Gasteiger partial charge in [0, 0.05) is 12.0 Å². The van der Waals surface area contributed by atoms with E-state index >= 15 is 0 Å². The first-order chi connectivity index (χ1) is 7.88. The van der Waals surface area contributed by atoms with E-state index in [9.17, 15) is 30.3 Å². The van der Waals surface area contributed by atoms with Gasteiger partial charge in [-0.25, -0.2) is 0 Å². The van der Waals surface area contributed by atoms with Crippen molar-refractivity contribution in [2.45, 2.75) is 12.1 Å². The van der Waals surface area contributed by atoms with Crippen molar-refractivity contribution in [3.8, 4) is 0 Å². The Balaban J connectivity index is 3.27. The SMILES string of the molecule is COC1C([N+](=O)[O-])=CC([N+](=O)[O-])=CC1[N+](=O)[O-]. The third-order valence-electron chi connectivity index (χ3n) is 2.16. The Morgan fingerprint density at radius 1 is 1.18 bits per heavy atom. The van der Waals surface area contributed by atoms with E-state index in [1.807, 2.05) is 0 Å². The minimum atomic E-state index is -1.65. The molecule has 0 bridgehead atoms. The Hall–Kier alpha value is -2.36. The standard InChI is InChI=1S/C7H7N3O7/c1-17-7-5(9(13)14)2-4(8(11)12)3-6(7)10(15)16/h2-3,5,7H,1H3. The summed E-state index contributed by atoms with van der Waals surface area (Å²) in [5, 5.41) is 31.8. The highest BCUT2D eigenvalue weighted by atomic mass is 16.6. The number of nitro groups is 3. The molecule has 0 aromatic carbocycles. The fourth-order valence-electron chi connectivity index (χ4n) is 1.42. The molecule has 17 heavy (non-hydrogen) atoms. The van der Waals surface area contributed by atoms with Gasteiger partial charge in [0.1, 0.15) is 0 Å². The highest BCUT2D eigenvalue weighted by Gasteiger charge is 2.45. The number of rotatable bonds is 4. The maximum atomic E-state index is 10.7. The Labute approximate surface area is 93.6 Å². The van der Waals surface area contributed by atoms with Crippen molar-refractivity contribution in [1.82, 2.24) is 0 Å². The zero-order valence-corrected chi connectivity index (χ0v) is 8.51. The van der Waals surface area contributed by atoms with Crippen LogP contribution >= 0.6 is 0 Å². The lowest BCUT2D eigenvalue weighted by atomic mass is 10.0. The zero-order valence-electron chi connectivity index (χ0n) is 8.51. The number of hydrogen-bond acceptors (Lipinski definition) is 7. The van der Waals surface area contributed by atoms with Crippen molar-refractivity contribution >= 4 is 0 Å². The minimum Gasteiger partial charge on any atom is -0.364 e. The van der Waals surface area contributed by atoms with Crippen molar-refractivity contribution in [3.05, 3.63) is 53.9 Å². The van der Waals surface area contributed by atoms with Gasteiger partial charge in [-0.15, -0.1) is 0 Å². The molecule has 92 valence electrons. The van der Waals surface area contributed by atoms with Gasteiger partial charge in [-0.2, -0.15) is 0 Å². The molecule has 0 aromatic rings. The van der Waals surface area contributed by atoms with Crippen molar-refractivity contribution in [2.75, 3.05) is 7.11 Å². The lowest BCUT2D eigenvalue weighted by Gasteiger charge is -2.16. The van der Waals surface area contributed by atoms with E-state index in [4.69, 9.17) is 0 Å². The molecule has 1 aliphatic rings. The molecule has 2 atom stereocenters. The number of methoxy groups -OCH3 is 1. The molecular weight excluding hydrogens is 238 g/mol. The van der Waals surface area contributed by atoms with Crippen LogP contribution in [-0.4, -0.2) is 34.0 Å². The average Bonchev–Trinajstić information content (AvgIpc) is 2.26. The second-order valence-corrected chi connectivity index (χ2v) is 3.11. The summed E-state index contributed by atoms with van der Waals surface area (Å²) in [6.07, 6.45) is -0.0568. The van der Waals surface area contributed by atoms with Gasteiger partial charge in [-0.05, 0) is 0 Å². The van der Waals surface area contributed by atoms with Crippen molar-refractivity contribution in [1.29, 1.82) is 0 Å². The van der Waals surface area contributed by atoms with Crippen LogP contribution in [0.3, 0.4) is 0 Å². The summed E-state index contributed by atoms with van der Waals surface area (Å²) in [4.78, 5) is 29.1. The predicted molar refractivity (Wildman–Crippen MR) is 51.7 cm³/mol. The van der Waals surface area contributed by atoms with Gasteiger partial charge in [-0.3, -0.25) is 30.3 Å². The highest BCUT2D eigenvalue weighted by molar-refractivity contribution is 5.25. The largest absolute Gasteiger partial charge is 0.364 e.